The Morgan fingerprint density at radius 3 is 2.24 bits per heavy atom. The first-order valence-electron chi connectivity index (χ1n) is 11.9. The maximum atomic E-state index is 13.7. The summed E-state index contributed by atoms with van der Waals surface area (Å²) in [5.74, 6) is -1.49. The molecule has 0 fully saturated rings. The predicted octanol–water partition coefficient (Wildman–Crippen LogP) is 7.83. The van der Waals surface area contributed by atoms with E-state index in [0.717, 1.165) is 16.8 Å². The first kappa shape index (κ1) is 31.0. The van der Waals surface area contributed by atoms with Gasteiger partial charge in [0.15, 0.2) is 5.69 Å². The smallest absolute Gasteiger partial charge is 0.437 e. The summed E-state index contributed by atoms with van der Waals surface area (Å²) in [6, 6.07) is 12.0. The second-order valence-corrected chi connectivity index (χ2v) is 9.95. The van der Waals surface area contributed by atoms with E-state index in [9.17, 15) is 31.1 Å². The lowest BCUT2D eigenvalue weighted by atomic mass is 10.0. The van der Waals surface area contributed by atoms with Crippen LogP contribution in [-0.4, -0.2) is 33.1 Å². The average molecular weight is 633 g/mol. The van der Waals surface area contributed by atoms with Crippen molar-refractivity contribution in [2.24, 2.45) is 0 Å². The predicted molar refractivity (Wildman–Crippen MR) is 142 cm³/mol. The van der Waals surface area contributed by atoms with Crippen molar-refractivity contribution in [3.05, 3.63) is 98.3 Å². The number of carboxylic acid groups (broad SMARTS) is 1. The number of hydrogen-bond acceptors (Lipinski definition) is 5. The van der Waals surface area contributed by atoms with Crippen molar-refractivity contribution in [1.29, 1.82) is 0 Å². The van der Waals surface area contributed by atoms with Crippen LogP contribution in [0.5, 0.6) is 5.75 Å². The van der Waals surface area contributed by atoms with Gasteiger partial charge in [-0.05, 0) is 60.5 Å². The number of carboxylic acids is 1. The van der Waals surface area contributed by atoms with Crippen molar-refractivity contribution in [3.8, 4) is 11.4 Å². The van der Waals surface area contributed by atoms with Crippen molar-refractivity contribution in [2.75, 3.05) is 11.9 Å². The molecule has 222 valence electrons. The minimum Gasteiger partial charge on any atom is -0.487 e. The number of hydrogen-bond donors (Lipinski definition) is 1. The maximum Gasteiger partial charge on any atom is 0.437 e. The number of nitrogens with zero attached hydrogens (tertiary/aromatic N) is 4. The number of aryl methyl sites for hydroxylation is 1. The molecule has 0 saturated heterocycles. The number of benzene rings is 3. The molecule has 15 heteroatoms. The molecule has 0 bridgehead atoms. The fourth-order valence-corrected chi connectivity index (χ4v) is 4.85. The third-order valence-electron chi connectivity index (χ3n) is 6.18. The summed E-state index contributed by atoms with van der Waals surface area (Å²) in [5.41, 5.74) is -2.43. The molecule has 0 atom stereocenters. The number of anilines is 1. The number of aromatic carboxylic acids is 1. The van der Waals surface area contributed by atoms with E-state index in [1.165, 1.54) is 30.3 Å². The van der Waals surface area contributed by atoms with E-state index in [1.54, 1.807) is 31.0 Å². The molecule has 0 aliphatic heterocycles. The summed E-state index contributed by atoms with van der Waals surface area (Å²) in [6.07, 6.45) is -9.70. The molecular weight excluding hydrogens is 613 g/mol. The molecular formula is C27H20Cl2F6N4O3. The molecule has 0 radical (unpaired) electrons. The van der Waals surface area contributed by atoms with Gasteiger partial charge in [-0.3, -0.25) is 0 Å². The van der Waals surface area contributed by atoms with Gasteiger partial charge in [-0.2, -0.15) is 26.3 Å². The molecule has 1 heterocycles. The molecule has 0 unspecified atom stereocenters. The van der Waals surface area contributed by atoms with Crippen LogP contribution in [0.3, 0.4) is 0 Å². The summed E-state index contributed by atoms with van der Waals surface area (Å²) >= 11 is 12.3. The van der Waals surface area contributed by atoms with E-state index >= 15 is 0 Å². The van der Waals surface area contributed by atoms with Crippen LogP contribution in [0.1, 0.15) is 38.4 Å². The summed E-state index contributed by atoms with van der Waals surface area (Å²) in [5, 5.41) is 16.1. The Kier molecular flexibility index (Phi) is 8.65. The highest BCUT2D eigenvalue weighted by molar-refractivity contribution is 6.37. The third-order valence-corrected chi connectivity index (χ3v) is 6.79. The number of para-hydroxylation sites is 1. The van der Waals surface area contributed by atoms with Gasteiger partial charge in [0.2, 0.25) is 0 Å². The highest BCUT2D eigenvalue weighted by atomic mass is 35.5. The molecule has 4 aromatic rings. The summed E-state index contributed by atoms with van der Waals surface area (Å²) < 4.78 is 87.9. The monoisotopic (exact) mass is 632 g/mol. The second kappa shape index (κ2) is 11.7. The van der Waals surface area contributed by atoms with E-state index in [0.29, 0.717) is 11.3 Å². The Labute approximate surface area is 244 Å². The van der Waals surface area contributed by atoms with Gasteiger partial charge < -0.3 is 14.7 Å². The van der Waals surface area contributed by atoms with Crippen molar-refractivity contribution < 1.29 is 41.0 Å². The number of alkyl halides is 6. The highest BCUT2D eigenvalue weighted by Gasteiger charge is 2.39. The van der Waals surface area contributed by atoms with Crippen LogP contribution in [0.4, 0.5) is 32.0 Å². The zero-order valence-electron chi connectivity index (χ0n) is 21.7. The van der Waals surface area contributed by atoms with E-state index < -0.39 is 47.4 Å². The number of rotatable bonds is 8. The Morgan fingerprint density at radius 1 is 1.00 bits per heavy atom. The van der Waals surface area contributed by atoms with Crippen molar-refractivity contribution in [2.45, 2.75) is 32.4 Å². The molecule has 42 heavy (non-hydrogen) atoms. The van der Waals surface area contributed by atoms with Crippen LogP contribution >= 0.6 is 23.2 Å². The fourth-order valence-electron chi connectivity index (χ4n) is 4.29. The van der Waals surface area contributed by atoms with Crippen LogP contribution in [0.2, 0.25) is 10.0 Å². The normalized spacial score (nSPS) is 12.0. The van der Waals surface area contributed by atoms with Crippen LogP contribution in [-0.2, 0) is 25.5 Å². The molecule has 1 N–H and O–H groups in total. The maximum absolute atomic E-state index is 13.7. The Morgan fingerprint density at radius 2 is 1.67 bits per heavy atom. The molecule has 1 aromatic heterocycles. The second-order valence-electron chi connectivity index (χ2n) is 9.14. The number of ether oxygens (including phenoxy) is 1. The van der Waals surface area contributed by atoms with Crippen molar-refractivity contribution in [1.82, 2.24) is 15.0 Å². The van der Waals surface area contributed by atoms with Gasteiger partial charge in [0.25, 0.3) is 0 Å². The molecule has 0 spiro atoms. The minimum atomic E-state index is -4.86. The van der Waals surface area contributed by atoms with Crippen molar-refractivity contribution in [3.63, 3.8) is 0 Å². The topological polar surface area (TPSA) is 80.5 Å². The molecule has 0 aliphatic rings. The highest BCUT2D eigenvalue weighted by Crippen LogP contribution is 2.36. The van der Waals surface area contributed by atoms with Gasteiger partial charge >= 0.3 is 18.3 Å². The summed E-state index contributed by atoms with van der Waals surface area (Å²) in [6.45, 7) is 1.08. The van der Waals surface area contributed by atoms with E-state index in [4.69, 9.17) is 33.0 Å². The van der Waals surface area contributed by atoms with E-state index in [2.05, 4.69) is 10.3 Å². The zero-order chi connectivity index (χ0) is 31.0. The Bertz CT molecular complexity index is 1620. The largest absolute Gasteiger partial charge is 0.487 e. The van der Waals surface area contributed by atoms with Gasteiger partial charge in [0.1, 0.15) is 23.7 Å². The SMILES string of the molecule is Cc1cc(OCc2c(C(F)(F)F)nnn2-c2c(Cl)cccc2Cl)ccc1N(C)Cc1ccc(C(=O)O)c(C(F)(F)F)c1. The van der Waals surface area contributed by atoms with Gasteiger partial charge in [-0.1, -0.05) is 40.5 Å². The number of halogens is 8. The number of aromatic nitrogens is 3. The lowest BCUT2D eigenvalue weighted by molar-refractivity contribution is -0.142. The molecule has 3 aromatic carbocycles. The zero-order valence-corrected chi connectivity index (χ0v) is 23.2. The first-order valence-corrected chi connectivity index (χ1v) is 12.7. The lowest BCUT2D eigenvalue weighted by Gasteiger charge is -2.23. The lowest BCUT2D eigenvalue weighted by Crippen LogP contribution is -2.19. The standard InChI is InChI=1S/C27H20Cl2F6N4O3/c1-14-10-16(7-9-21(14)38(2)12-15-6-8-17(25(40)41)18(11-15)26(30,31)32)42-13-22-24(27(33,34)35)36-37-39(22)23-19(28)4-3-5-20(23)29/h3-11H,12-13H2,1-2H3,(H,40,41). The van der Waals surface area contributed by atoms with E-state index in [-0.39, 0.29) is 33.6 Å². The molecule has 4 rings (SSSR count). The Hall–Kier alpha value is -3.97. The quantitative estimate of drug-likeness (QED) is 0.199. The Balaban J connectivity index is 1.57. The minimum absolute atomic E-state index is 0.000606. The molecule has 7 nitrogen and oxygen atoms in total. The van der Waals surface area contributed by atoms with Crippen LogP contribution in [0.25, 0.3) is 5.69 Å². The van der Waals surface area contributed by atoms with Crippen LogP contribution < -0.4 is 9.64 Å². The number of carbonyl (C=O) groups is 1. The van der Waals surface area contributed by atoms with E-state index in [1.807, 2.05) is 0 Å². The average Bonchev–Trinajstić information content (AvgIpc) is 3.31. The van der Waals surface area contributed by atoms with Gasteiger partial charge in [-0.25, -0.2) is 9.48 Å². The van der Waals surface area contributed by atoms with Crippen molar-refractivity contribution >= 4 is 34.9 Å². The molecule has 0 amide bonds. The summed E-state index contributed by atoms with van der Waals surface area (Å²) in [7, 11) is 1.62. The van der Waals surface area contributed by atoms with Crippen LogP contribution in [0, 0.1) is 6.92 Å². The van der Waals surface area contributed by atoms with Crippen LogP contribution in [0.15, 0.2) is 54.6 Å². The summed E-state index contributed by atoms with van der Waals surface area (Å²) in [4.78, 5) is 12.9. The first-order chi connectivity index (χ1) is 19.6. The third kappa shape index (κ3) is 6.57. The van der Waals surface area contributed by atoms with Gasteiger partial charge in [-0.15, -0.1) is 5.10 Å². The fraction of sp³-hybridized carbons (Fsp3) is 0.222. The molecule has 0 aliphatic carbocycles. The van der Waals surface area contributed by atoms with Gasteiger partial charge in [0.05, 0.1) is 21.2 Å². The molecule has 0 saturated carbocycles. The van der Waals surface area contributed by atoms with Gasteiger partial charge in [0, 0.05) is 19.3 Å².